The third-order valence-electron chi connectivity index (χ3n) is 4.96. The predicted octanol–water partition coefficient (Wildman–Crippen LogP) is 3.62. The molecule has 5 heteroatoms. The van der Waals surface area contributed by atoms with E-state index in [0.717, 1.165) is 25.4 Å². The maximum absolute atomic E-state index is 14.3. The SMILES string of the molecule is NC(=S)c1ccc(N2CCC3CCCCC3C2)c(F)c1F. The number of hydrogen-bond donors (Lipinski definition) is 1. The number of hydrogen-bond acceptors (Lipinski definition) is 2. The van der Waals surface area contributed by atoms with Crippen molar-refractivity contribution in [2.24, 2.45) is 17.6 Å². The first kappa shape index (κ1) is 14.7. The van der Waals surface area contributed by atoms with Crippen LogP contribution in [0.3, 0.4) is 0 Å². The summed E-state index contributed by atoms with van der Waals surface area (Å²) >= 11 is 4.74. The van der Waals surface area contributed by atoms with Crippen molar-refractivity contribution in [2.45, 2.75) is 32.1 Å². The molecule has 2 N–H and O–H groups in total. The second-order valence-corrected chi connectivity index (χ2v) is 6.60. The lowest BCUT2D eigenvalue weighted by molar-refractivity contribution is 0.202. The molecule has 2 nitrogen and oxygen atoms in total. The summed E-state index contributed by atoms with van der Waals surface area (Å²) in [4.78, 5) is 1.87. The molecule has 1 saturated heterocycles. The molecule has 0 bridgehead atoms. The number of piperidine rings is 1. The van der Waals surface area contributed by atoms with Gasteiger partial charge in [0.05, 0.1) is 5.69 Å². The maximum atomic E-state index is 14.3. The summed E-state index contributed by atoms with van der Waals surface area (Å²) in [6, 6.07) is 3.10. The monoisotopic (exact) mass is 310 g/mol. The third-order valence-corrected chi connectivity index (χ3v) is 5.18. The van der Waals surface area contributed by atoms with E-state index in [-0.39, 0.29) is 10.6 Å². The van der Waals surface area contributed by atoms with Crippen LogP contribution >= 0.6 is 12.2 Å². The molecule has 1 aromatic carbocycles. The highest BCUT2D eigenvalue weighted by atomic mass is 32.1. The number of nitrogens with zero attached hydrogens (tertiary/aromatic N) is 1. The van der Waals surface area contributed by atoms with Gasteiger partial charge in [0, 0.05) is 18.7 Å². The van der Waals surface area contributed by atoms with Gasteiger partial charge < -0.3 is 10.6 Å². The molecule has 2 aliphatic rings. The van der Waals surface area contributed by atoms with Gasteiger partial charge in [0.2, 0.25) is 0 Å². The topological polar surface area (TPSA) is 29.3 Å². The van der Waals surface area contributed by atoms with Gasteiger partial charge in [-0.25, -0.2) is 8.78 Å². The predicted molar refractivity (Wildman–Crippen MR) is 84.5 cm³/mol. The van der Waals surface area contributed by atoms with Crippen molar-refractivity contribution in [1.29, 1.82) is 0 Å². The molecule has 0 radical (unpaired) electrons. The van der Waals surface area contributed by atoms with E-state index < -0.39 is 11.6 Å². The highest BCUT2D eigenvalue weighted by Crippen LogP contribution is 2.38. The van der Waals surface area contributed by atoms with Gasteiger partial charge in [0.25, 0.3) is 0 Å². The van der Waals surface area contributed by atoms with Crippen molar-refractivity contribution in [3.8, 4) is 0 Å². The first-order valence-corrected chi connectivity index (χ1v) is 8.01. The minimum absolute atomic E-state index is 0.0150. The van der Waals surface area contributed by atoms with Crippen molar-refractivity contribution in [3.63, 3.8) is 0 Å². The van der Waals surface area contributed by atoms with Gasteiger partial charge in [-0.1, -0.05) is 31.5 Å². The van der Waals surface area contributed by atoms with Crippen molar-refractivity contribution >= 4 is 22.9 Å². The average Bonchev–Trinajstić information content (AvgIpc) is 2.49. The van der Waals surface area contributed by atoms with E-state index in [4.69, 9.17) is 18.0 Å². The van der Waals surface area contributed by atoms with Gasteiger partial charge in [-0.3, -0.25) is 0 Å². The summed E-state index contributed by atoms with van der Waals surface area (Å²) in [5.41, 5.74) is 5.74. The molecule has 3 rings (SSSR count). The maximum Gasteiger partial charge on any atom is 0.182 e. The number of halogens is 2. The van der Waals surface area contributed by atoms with E-state index >= 15 is 0 Å². The largest absolute Gasteiger partial charge is 0.389 e. The normalized spacial score (nSPS) is 25.5. The van der Waals surface area contributed by atoms with Crippen LogP contribution in [0, 0.1) is 23.5 Å². The fraction of sp³-hybridized carbons (Fsp3) is 0.562. The lowest BCUT2D eigenvalue weighted by Gasteiger charge is -2.42. The number of anilines is 1. The first-order valence-electron chi connectivity index (χ1n) is 7.60. The second-order valence-electron chi connectivity index (χ2n) is 6.16. The molecule has 2 unspecified atom stereocenters. The summed E-state index contributed by atoms with van der Waals surface area (Å²) in [6.45, 7) is 1.62. The van der Waals surface area contributed by atoms with Crippen molar-refractivity contribution in [2.75, 3.05) is 18.0 Å². The fourth-order valence-corrected chi connectivity index (χ4v) is 3.95. The van der Waals surface area contributed by atoms with Crippen molar-refractivity contribution in [3.05, 3.63) is 29.3 Å². The molecule has 1 heterocycles. The standard InChI is InChI=1S/C16H20F2N2S/c17-14-12(16(19)21)5-6-13(15(14)18)20-8-7-10-3-1-2-4-11(10)9-20/h5-6,10-11H,1-4,7-9H2,(H2,19,21). The summed E-state index contributed by atoms with van der Waals surface area (Å²) in [6.07, 6.45) is 6.13. The van der Waals surface area contributed by atoms with Gasteiger partial charge in [0.1, 0.15) is 4.99 Å². The molecule has 1 aliphatic carbocycles. The summed E-state index contributed by atoms with van der Waals surface area (Å²) < 4.78 is 28.3. The molecular formula is C16H20F2N2S. The quantitative estimate of drug-likeness (QED) is 0.846. The molecule has 1 saturated carbocycles. The number of fused-ring (bicyclic) bond motifs is 1. The number of nitrogens with two attached hydrogens (primary N) is 1. The number of benzene rings is 1. The number of thiocarbonyl (C=S) groups is 1. The Morgan fingerprint density at radius 2 is 1.81 bits per heavy atom. The zero-order chi connectivity index (χ0) is 15.0. The van der Waals surface area contributed by atoms with Crippen LogP contribution in [-0.2, 0) is 0 Å². The smallest absolute Gasteiger partial charge is 0.182 e. The van der Waals surface area contributed by atoms with Crippen LogP contribution in [0.1, 0.15) is 37.7 Å². The Kier molecular flexibility index (Phi) is 4.11. The second kappa shape index (κ2) is 5.87. The van der Waals surface area contributed by atoms with Crippen LogP contribution in [0.2, 0.25) is 0 Å². The molecule has 114 valence electrons. The Hall–Kier alpha value is -1.23. The minimum atomic E-state index is -0.925. The van der Waals surface area contributed by atoms with Crippen LogP contribution < -0.4 is 10.6 Å². The van der Waals surface area contributed by atoms with Crippen molar-refractivity contribution < 1.29 is 8.78 Å². The lowest BCUT2D eigenvalue weighted by atomic mass is 9.75. The zero-order valence-electron chi connectivity index (χ0n) is 11.9. The van der Waals surface area contributed by atoms with E-state index in [2.05, 4.69) is 0 Å². The van der Waals surface area contributed by atoms with Crippen LogP contribution in [-0.4, -0.2) is 18.1 Å². The summed E-state index contributed by atoms with van der Waals surface area (Å²) in [7, 11) is 0. The Morgan fingerprint density at radius 1 is 1.10 bits per heavy atom. The van der Waals surface area contributed by atoms with Gasteiger partial charge in [-0.2, -0.15) is 0 Å². The average molecular weight is 310 g/mol. The van der Waals surface area contributed by atoms with Gasteiger partial charge >= 0.3 is 0 Å². The molecule has 1 aliphatic heterocycles. The van der Waals surface area contributed by atoms with E-state index in [0.29, 0.717) is 11.6 Å². The zero-order valence-corrected chi connectivity index (χ0v) is 12.8. The molecular weight excluding hydrogens is 290 g/mol. The van der Waals surface area contributed by atoms with E-state index in [1.54, 1.807) is 6.07 Å². The third kappa shape index (κ3) is 2.76. The Bertz CT molecular complexity index is 561. The van der Waals surface area contributed by atoms with Crippen LogP contribution in [0.25, 0.3) is 0 Å². The van der Waals surface area contributed by atoms with E-state index in [1.165, 1.54) is 31.7 Å². The van der Waals surface area contributed by atoms with E-state index in [1.807, 2.05) is 4.90 Å². The Labute approximate surface area is 129 Å². The molecule has 0 aromatic heterocycles. The summed E-state index contributed by atoms with van der Waals surface area (Å²) in [5.74, 6) is -0.371. The van der Waals surface area contributed by atoms with E-state index in [9.17, 15) is 8.78 Å². The molecule has 0 amide bonds. The highest BCUT2D eigenvalue weighted by Gasteiger charge is 2.32. The van der Waals surface area contributed by atoms with Gasteiger partial charge in [-0.05, 0) is 36.8 Å². The van der Waals surface area contributed by atoms with Gasteiger partial charge in [-0.15, -0.1) is 0 Å². The lowest BCUT2D eigenvalue weighted by Crippen LogP contribution is -2.42. The summed E-state index contributed by atoms with van der Waals surface area (Å²) in [5, 5.41) is 0. The van der Waals surface area contributed by atoms with Crippen molar-refractivity contribution in [1.82, 2.24) is 0 Å². The Morgan fingerprint density at radius 3 is 2.52 bits per heavy atom. The van der Waals surface area contributed by atoms with Crippen LogP contribution in [0.15, 0.2) is 12.1 Å². The highest BCUT2D eigenvalue weighted by molar-refractivity contribution is 7.80. The van der Waals surface area contributed by atoms with Gasteiger partial charge in [0.15, 0.2) is 11.6 Å². The molecule has 2 fully saturated rings. The molecule has 2 atom stereocenters. The fourth-order valence-electron chi connectivity index (χ4n) is 3.79. The first-order chi connectivity index (χ1) is 10.1. The molecule has 21 heavy (non-hydrogen) atoms. The minimum Gasteiger partial charge on any atom is -0.389 e. The molecule has 0 spiro atoms. The molecule has 1 aromatic rings. The van der Waals surface area contributed by atoms with Crippen LogP contribution in [0.5, 0.6) is 0 Å². The number of rotatable bonds is 2. The Balaban J connectivity index is 1.84. The van der Waals surface area contributed by atoms with Crippen LogP contribution in [0.4, 0.5) is 14.5 Å².